The molecule has 0 saturated carbocycles. The number of unbranched alkanes of at least 4 members (excludes halogenated alkanes) is 1. The molecule has 0 aromatic heterocycles. The Hall–Kier alpha value is -2.04. The van der Waals surface area contributed by atoms with Gasteiger partial charge in [-0.05, 0) is 43.5 Å². The molecule has 0 unspecified atom stereocenters. The predicted octanol–water partition coefficient (Wildman–Crippen LogP) is 2.87. The molecule has 126 valence electrons. The predicted molar refractivity (Wildman–Crippen MR) is 93.7 cm³/mol. The minimum atomic E-state index is -0.148. The molecule has 1 aliphatic rings. The molecule has 1 aliphatic heterocycles. The molecule has 1 saturated heterocycles. The Morgan fingerprint density at radius 2 is 1.83 bits per heavy atom. The van der Waals surface area contributed by atoms with Crippen LogP contribution < -0.4 is 10.2 Å². The summed E-state index contributed by atoms with van der Waals surface area (Å²) in [5.41, 5.74) is 1.98. The van der Waals surface area contributed by atoms with Crippen LogP contribution in [0.3, 0.4) is 0 Å². The number of hydrogen-bond acceptors (Lipinski definition) is 3. The van der Waals surface area contributed by atoms with Crippen molar-refractivity contribution in [1.29, 1.82) is 0 Å². The summed E-state index contributed by atoms with van der Waals surface area (Å²) in [5.74, 6) is -0.205. The fourth-order valence-corrected chi connectivity index (χ4v) is 2.80. The van der Waals surface area contributed by atoms with Crippen molar-refractivity contribution < 1.29 is 9.59 Å². The number of benzene rings is 1. The molecule has 2 rings (SSSR count). The van der Waals surface area contributed by atoms with Gasteiger partial charge in [0.25, 0.3) is 0 Å². The van der Waals surface area contributed by atoms with Crippen molar-refractivity contribution in [2.24, 2.45) is 0 Å². The zero-order valence-corrected chi connectivity index (χ0v) is 14.2. The zero-order chi connectivity index (χ0) is 16.7. The summed E-state index contributed by atoms with van der Waals surface area (Å²) in [7, 11) is 0. The highest BCUT2D eigenvalue weighted by Crippen LogP contribution is 2.22. The third-order valence-electron chi connectivity index (χ3n) is 4.18. The maximum absolute atomic E-state index is 12.1. The van der Waals surface area contributed by atoms with E-state index in [0.717, 1.165) is 31.6 Å². The molecule has 1 heterocycles. The fraction of sp³-hybridized carbons (Fsp3) is 0.556. The van der Waals surface area contributed by atoms with Gasteiger partial charge in [0.2, 0.25) is 11.8 Å². The standard InChI is InChI=1S/C18H27N3O2/c1-3-4-11-21(15(2)22)14-18(23)19-16-7-9-17(10-8-16)20-12-5-6-13-20/h7-10H,3-6,11-14H2,1-2H3,(H,19,23). The van der Waals surface area contributed by atoms with Crippen LogP contribution in [0.25, 0.3) is 0 Å². The summed E-state index contributed by atoms with van der Waals surface area (Å²) in [6, 6.07) is 7.94. The van der Waals surface area contributed by atoms with Gasteiger partial charge in [-0.3, -0.25) is 9.59 Å². The van der Waals surface area contributed by atoms with Gasteiger partial charge in [-0.25, -0.2) is 0 Å². The van der Waals surface area contributed by atoms with Crippen LogP contribution in [0.1, 0.15) is 39.5 Å². The second kappa shape index (κ2) is 8.56. The van der Waals surface area contributed by atoms with Crippen LogP contribution in [0, 0.1) is 0 Å². The molecule has 1 N–H and O–H groups in total. The van der Waals surface area contributed by atoms with Gasteiger partial charge in [-0.15, -0.1) is 0 Å². The molecule has 0 radical (unpaired) electrons. The van der Waals surface area contributed by atoms with E-state index >= 15 is 0 Å². The number of carbonyl (C=O) groups is 2. The van der Waals surface area contributed by atoms with Crippen LogP contribution in [0.2, 0.25) is 0 Å². The van der Waals surface area contributed by atoms with Crippen LogP contribution in [-0.2, 0) is 9.59 Å². The molecule has 0 bridgehead atoms. The summed E-state index contributed by atoms with van der Waals surface area (Å²) in [6.45, 7) is 6.54. The number of nitrogens with zero attached hydrogens (tertiary/aromatic N) is 2. The topological polar surface area (TPSA) is 52.7 Å². The first-order valence-electron chi connectivity index (χ1n) is 8.50. The second-order valence-corrected chi connectivity index (χ2v) is 6.08. The Morgan fingerprint density at radius 1 is 1.17 bits per heavy atom. The minimum Gasteiger partial charge on any atom is -0.372 e. The first-order valence-corrected chi connectivity index (χ1v) is 8.50. The summed E-state index contributed by atoms with van der Waals surface area (Å²) in [5, 5.41) is 2.87. The first kappa shape index (κ1) is 17.3. The van der Waals surface area contributed by atoms with E-state index in [9.17, 15) is 9.59 Å². The number of nitrogens with one attached hydrogen (secondary N) is 1. The van der Waals surface area contributed by atoms with Crippen molar-refractivity contribution in [3.8, 4) is 0 Å². The monoisotopic (exact) mass is 317 g/mol. The van der Waals surface area contributed by atoms with E-state index in [-0.39, 0.29) is 18.4 Å². The highest BCUT2D eigenvalue weighted by atomic mass is 16.2. The lowest BCUT2D eigenvalue weighted by Gasteiger charge is -2.20. The molecule has 0 spiro atoms. The van der Waals surface area contributed by atoms with Crippen LogP contribution in [0.15, 0.2) is 24.3 Å². The van der Waals surface area contributed by atoms with E-state index in [4.69, 9.17) is 0 Å². The van der Waals surface area contributed by atoms with Gasteiger partial charge in [0.1, 0.15) is 0 Å². The van der Waals surface area contributed by atoms with Gasteiger partial charge in [-0.1, -0.05) is 13.3 Å². The average Bonchev–Trinajstić information content (AvgIpc) is 3.06. The molecular weight excluding hydrogens is 290 g/mol. The van der Waals surface area contributed by atoms with E-state index in [1.54, 1.807) is 4.90 Å². The molecule has 1 fully saturated rings. The van der Waals surface area contributed by atoms with Crippen LogP contribution in [-0.4, -0.2) is 42.9 Å². The number of carbonyl (C=O) groups excluding carboxylic acids is 2. The van der Waals surface area contributed by atoms with Crippen molar-refractivity contribution in [3.63, 3.8) is 0 Å². The van der Waals surface area contributed by atoms with E-state index in [2.05, 4.69) is 17.1 Å². The van der Waals surface area contributed by atoms with Gasteiger partial charge in [0, 0.05) is 37.9 Å². The third-order valence-corrected chi connectivity index (χ3v) is 4.18. The van der Waals surface area contributed by atoms with Crippen molar-refractivity contribution in [2.75, 3.05) is 36.4 Å². The van der Waals surface area contributed by atoms with Crippen molar-refractivity contribution in [1.82, 2.24) is 4.90 Å². The summed E-state index contributed by atoms with van der Waals surface area (Å²) in [4.78, 5) is 27.6. The molecular formula is C18H27N3O2. The molecule has 1 aromatic rings. The quantitative estimate of drug-likeness (QED) is 0.841. The second-order valence-electron chi connectivity index (χ2n) is 6.08. The normalized spacial score (nSPS) is 13.9. The summed E-state index contributed by atoms with van der Waals surface area (Å²) in [6.07, 6.45) is 4.41. The molecule has 5 heteroatoms. The lowest BCUT2D eigenvalue weighted by molar-refractivity contribution is -0.132. The SMILES string of the molecule is CCCCN(CC(=O)Nc1ccc(N2CCCC2)cc1)C(C)=O. The lowest BCUT2D eigenvalue weighted by Crippen LogP contribution is -2.37. The Labute approximate surface area is 138 Å². The minimum absolute atomic E-state index is 0.0574. The van der Waals surface area contributed by atoms with E-state index in [0.29, 0.717) is 6.54 Å². The number of hydrogen-bond donors (Lipinski definition) is 1. The zero-order valence-electron chi connectivity index (χ0n) is 14.2. The number of rotatable bonds is 7. The largest absolute Gasteiger partial charge is 0.372 e. The highest BCUT2D eigenvalue weighted by Gasteiger charge is 2.14. The summed E-state index contributed by atoms with van der Waals surface area (Å²) < 4.78 is 0. The van der Waals surface area contributed by atoms with Crippen molar-refractivity contribution >= 4 is 23.2 Å². The fourth-order valence-electron chi connectivity index (χ4n) is 2.80. The Balaban J connectivity index is 1.87. The maximum atomic E-state index is 12.1. The summed E-state index contributed by atoms with van der Waals surface area (Å²) >= 11 is 0. The van der Waals surface area contributed by atoms with Crippen LogP contribution >= 0.6 is 0 Å². The van der Waals surface area contributed by atoms with Crippen LogP contribution in [0.5, 0.6) is 0 Å². The lowest BCUT2D eigenvalue weighted by atomic mass is 10.2. The smallest absolute Gasteiger partial charge is 0.243 e. The number of anilines is 2. The third kappa shape index (κ3) is 5.27. The van der Waals surface area contributed by atoms with Gasteiger partial charge in [0.05, 0.1) is 6.54 Å². The van der Waals surface area contributed by atoms with Crippen molar-refractivity contribution in [3.05, 3.63) is 24.3 Å². The van der Waals surface area contributed by atoms with E-state index < -0.39 is 0 Å². The molecule has 2 amide bonds. The number of amides is 2. The van der Waals surface area contributed by atoms with Gasteiger partial charge in [-0.2, -0.15) is 0 Å². The van der Waals surface area contributed by atoms with Gasteiger partial charge in [0.15, 0.2) is 0 Å². The van der Waals surface area contributed by atoms with Crippen molar-refractivity contribution in [2.45, 2.75) is 39.5 Å². The average molecular weight is 317 g/mol. The molecule has 5 nitrogen and oxygen atoms in total. The van der Waals surface area contributed by atoms with Crippen LogP contribution in [0.4, 0.5) is 11.4 Å². The molecule has 0 atom stereocenters. The maximum Gasteiger partial charge on any atom is 0.243 e. The van der Waals surface area contributed by atoms with E-state index in [1.165, 1.54) is 25.5 Å². The Bertz CT molecular complexity index is 522. The Kier molecular flexibility index (Phi) is 6.44. The highest BCUT2D eigenvalue weighted by molar-refractivity contribution is 5.94. The molecule has 1 aromatic carbocycles. The van der Waals surface area contributed by atoms with Gasteiger partial charge >= 0.3 is 0 Å². The Morgan fingerprint density at radius 3 is 2.39 bits per heavy atom. The van der Waals surface area contributed by atoms with E-state index in [1.807, 2.05) is 24.3 Å². The van der Waals surface area contributed by atoms with Gasteiger partial charge < -0.3 is 15.1 Å². The first-order chi connectivity index (χ1) is 11.1. The molecule has 23 heavy (non-hydrogen) atoms. The molecule has 0 aliphatic carbocycles.